The molecule has 33 heavy (non-hydrogen) atoms. The molecule has 3 heterocycles. The summed E-state index contributed by atoms with van der Waals surface area (Å²) in [4.78, 5) is 55.0. The number of nitrogens with zero attached hydrogens (tertiary/aromatic N) is 2. The minimum absolute atomic E-state index is 0.00512. The number of aromatic amines is 1. The lowest BCUT2D eigenvalue weighted by Crippen LogP contribution is -2.37. The van der Waals surface area contributed by atoms with Crippen molar-refractivity contribution in [2.75, 3.05) is 20.1 Å². The van der Waals surface area contributed by atoms with Gasteiger partial charge in [0.1, 0.15) is 5.56 Å². The predicted octanol–water partition coefficient (Wildman–Crippen LogP) is 0.944. The smallest absolute Gasteiger partial charge is 0.263 e. The van der Waals surface area contributed by atoms with Gasteiger partial charge in [-0.05, 0) is 23.8 Å². The second-order valence-electron chi connectivity index (χ2n) is 8.76. The van der Waals surface area contributed by atoms with Gasteiger partial charge in [0, 0.05) is 68.2 Å². The highest BCUT2D eigenvalue weighted by Gasteiger charge is 2.57. The quantitative estimate of drug-likeness (QED) is 0.540. The first-order valence-electron chi connectivity index (χ1n) is 11.0. The summed E-state index contributed by atoms with van der Waals surface area (Å²) >= 11 is 0. The average molecular weight is 447 g/mol. The molecule has 0 radical (unpaired) electrons. The zero-order chi connectivity index (χ0) is 23.3. The minimum Gasteiger partial charge on any atom is -0.361 e. The summed E-state index contributed by atoms with van der Waals surface area (Å²) in [5.41, 5.74) is 1.56. The third kappa shape index (κ3) is 3.69. The molecule has 0 unspecified atom stereocenters. The van der Waals surface area contributed by atoms with Crippen LogP contribution in [0, 0.1) is 11.8 Å². The summed E-state index contributed by atoms with van der Waals surface area (Å²) in [7, 11) is 1.45. The molecule has 3 atom stereocenters. The van der Waals surface area contributed by atoms with Crippen molar-refractivity contribution in [1.29, 1.82) is 0 Å². The Balaban J connectivity index is 1.42. The molecule has 9 nitrogen and oxygen atoms in total. The lowest BCUT2D eigenvalue weighted by molar-refractivity contribution is -0.128. The molecule has 3 aromatic rings. The van der Waals surface area contributed by atoms with Gasteiger partial charge in [-0.15, -0.1) is 0 Å². The number of amides is 3. The molecule has 9 heteroatoms. The van der Waals surface area contributed by atoms with Crippen LogP contribution in [0.15, 0.2) is 47.5 Å². The molecule has 3 N–H and O–H groups in total. The molecule has 1 aliphatic heterocycles. The average Bonchev–Trinajstić information content (AvgIpc) is 3.19. The van der Waals surface area contributed by atoms with Crippen LogP contribution in [-0.4, -0.2) is 58.4 Å². The van der Waals surface area contributed by atoms with E-state index in [1.165, 1.54) is 23.9 Å². The second-order valence-corrected chi connectivity index (χ2v) is 8.76. The molecular formula is C24H25N5O4. The summed E-state index contributed by atoms with van der Waals surface area (Å²) in [6.45, 7) is 3.07. The number of nitrogens with one attached hydrogen (secondary N) is 3. The van der Waals surface area contributed by atoms with Crippen molar-refractivity contribution < 1.29 is 14.4 Å². The monoisotopic (exact) mass is 447 g/mol. The highest BCUT2D eigenvalue weighted by molar-refractivity contribution is 5.99. The lowest BCUT2D eigenvalue weighted by Gasteiger charge is -2.18. The Morgan fingerprint density at radius 3 is 2.58 bits per heavy atom. The van der Waals surface area contributed by atoms with E-state index in [2.05, 4.69) is 15.6 Å². The lowest BCUT2D eigenvalue weighted by atomic mass is 10.1. The summed E-state index contributed by atoms with van der Waals surface area (Å²) in [6, 6.07) is 9.05. The molecule has 1 aliphatic carbocycles. The Labute approximate surface area is 189 Å². The van der Waals surface area contributed by atoms with E-state index in [0.29, 0.717) is 13.1 Å². The number of pyridine rings is 1. The van der Waals surface area contributed by atoms with Gasteiger partial charge in [-0.2, -0.15) is 0 Å². The molecule has 170 valence electrons. The van der Waals surface area contributed by atoms with E-state index in [-0.39, 0.29) is 47.4 Å². The van der Waals surface area contributed by atoms with Gasteiger partial charge >= 0.3 is 0 Å². The van der Waals surface area contributed by atoms with Gasteiger partial charge in [0.15, 0.2) is 0 Å². The number of aromatic nitrogens is 2. The van der Waals surface area contributed by atoms with Crippen molar-refractivity contribution in [3.05, 3.63) is 69.8 Å². The first-order chi connectivity index (χ1) is 15.9. The Morgan fingerprint density at radius 1 is 1.12 bits per heavy atom. The van der Waals surface area contributed by atoms with Gasteiger partial charge < -0.3 is 25.1 Å². The highest BCUT2D eigenvalue weighted by atomic mass is 16.2. The zero-order valence-corrected chi connectivity index (χ0v) is 18.4. The fourth-order valence-corrected chi connectivity index (χ4v) is 4.88. The number of hydrogen-bond acceptors (Lipinski definition) is 4. The van der Waals surface area contributed by atoms with E-state index >= 15 is 0 Å². The number of rotatable bonds is 5. The second kappa shape index (κ2) is 7.91. The van der Waals surface area contributed by atoms with E-state index in [9.17, 15) is 19.2 Å². The van der Waals surface area contributed by atoms with Crippen LogP contribution in [0.3, 0.4) is 0 Å². The number of hydrogen-bond donors (Lipinski definition) is 3. The van der Waals surface area contributed by atoms with Gasteiger partial charge in [-0.25, -0.2) is 0 Å². The fourth-order valence-electron chi connectivity index (χ4n) is 4.88. The highest BCUT2D eigenvalue weighted by Crippen LogP contribution is 2.45. The van der Waals surface area contributed by atoms with Crippen LogP contribution in [0.1, 0.15) is 33.2 Å². The Bertz CT molecular complexity index is 1330. The molecule has 1 aromatic carbocycles. The molecule has 2 fully saturated rings. The van der Waals surface area contributed by atoms with Crippen LogP contribution < -0.4 is 16.2 Å². The molecule has 3 amide bonds. The summed E-state index contributed by atoms with van der Waals surface area (Å²) < 4.78 is 1.41. The largest absolute Gasteiger partial charge is 0.361 e. The van der Waals surface area contributed by atoms with Crippen LogP contribution in [-0.2, 0) is 11.3 Å². The molecule has 2 aliphatic rings. The van der Waals surface area contributed by atoms with Crippen molar-refractivity contribution >= 4 is 28.6 Å². The number of benzene rings is 1. The first-order valence-corrected chi connectivity index (χ1v) is 11.0. The number of likely N-dealkylation sites (tertiary alicyclic amines) is 1. The van der Waals surface area contributed by atoms with Crippen molar-refractivity contribution in [3.63, 3.8) is 0 Å². The van der Waals surface area contributed by atoms with Gasteiger partial charge in [0.2, 0.25) is 5.91 Å². The van der Waals surface area contributed by atoms with E-state index in [0.717, 1.165) is 16.5 Å². The van der Waals surface area contributed by atoms with E-state index in [1.807, 2.05) is 30.5 Å². The van der Waals surface area contributed by atoms with Crippen LogP contribution in [0.2, 0.25) is 0 Å². The normalized spacial score (nSPS) is 21.0. The third-order valence-electron chi connectivity index (χ3n) is 6.78. The molecular weight excluding hydrogens is 422 g/mol. The van der Waals surface area contributed by atoms with Crippen molar-refractivity contribution in [2.45, 2.75) is 19.5 Å². The molecule has 2 aromatic heterocycles. The molecule has 0 spiro atoms. The molecule has 0 bridgehead atoms. The van der Waals surface area contributed by atoms with E-state index in [4.69, 9.17) is 0 Å². The van der Waals surface area contributed by atoms with Crippen molar-refractivity contribution in [1.82, 2.24) is 25.1 Å². The van der Waals surface area contributed by atoms with Gasteiger partial charge in [0.25, 0.3) is 17.4 Å². The first kappa shape index (κ1) is 21.0. The number of piperidine rings is 1. The maximum atomic E-state index is 13.0. The maximum absolute atomic E-state index is 13.0. The van der Waals surface area contributed by atoms with E-state index < -0.39 is 11.5 Å². The van der Waals surface area contributed by atoms with Gasteiger partial charge in [-0.1, -0.05) is 12.1 Å². The van der Waals surface area contributed by atoms with Crippen LogP contribution >= 0.6 is 0 Å². The third-order valence-corrected chi connectivity index (χ3v) is 6.78. The zero-order valence-electron chi connectivity index (χ0n) is 18.4. The summed E-state index contributed by atoms with van der Waals surface area (Å²) in [5.74, 6) is -0.306. The maximum Gasteiger partial charge on any atom is 0.263 e. The Morgan fingerprint density at radius 2 is 1.88 bits per heavy atom. The van der Waals surface area contributed by atoms with Crippen molar-refractivity contribution in [2.24, 2.45) is 11.8 Å². The fraction of sp³-hybridized carbons (Fsp3) is 0.333. The topological polar surface area (TPSA) is 116 Å². The summed E-state index contributed by atoms with van der Waals surface area (Å²) in [5, 5.41) is 6.48. The van der Waals surface area contributed by atoms with Crippen LogP contribution in [0.5, 0.6) is 0 Å². The standard InChI is InChI=1S/C24H25N5O4/c1-13(30)28-11-18-19(12-28)21(18)27-22(31)15-8-17(23(32)25-2)24(33)29(10-15)9-14-4-3-5-20-16(14)6-7-26-20/h3-8,10,18-19,21,26H,9,11-12H2,1-2H3,(H,25,32)(H,27,31)/t18-,19+,21-. The Hall–Kier alpha value is -3.88. The molecule has 5 rings (SSSR count). The van der Waals surface area contributed by atoms with Gasteiger partial charge in [0.05, 0.1) is 12.1 Å². The van der Waals surface area contributed by atoms with Crippen LogP contribution in [0.25, 0.3) is 10.9 Å². The van der Waals surface area contributed by atoms with Crippen LogP contribution in [0.4, 0.5) is 0 Å². The minimum atomic E-state index is -0.538. The van der Waals surface area contributed by atoms with Crippen molar-refractivity contribution in [3.8, 4) is 0 Å². The SMILES string of the molecule is CNC(=O)c1cc(C(=O)N[C@@H]2[C@@H]3CN(C(C)=O)C[C@@H]32)cn(Cc2cccc3[nH]ccc23)c1=O. The predicted molar refractivity (Wildman–Crippen MR) is 122 cm³/mol. The number of carbonyl (C=O) groups is 3. The molecule has 1 saturated carbocycles. The van der Waals surface area contributed by atoms with Gasteiger partial charge in [-0.3, -0.25) is 19.2 Å². The molecule has 1 saturated heterocycles. The summed E-state index contributed by atoms with van der Waals surface area (Å²) in [6.07, 6.45) is 3.34. The Kier molecular flexibility index (Phi) is 5.03. The van der Waals surface area contributed by atoms with E-state index in [1.54, 1.807) is 11.8 Å². The number of fused-ring (bicyclic) bond motifs is 2. The number of carbonyl (C=O) groups excluding carboxylic acids is 3. The number of H-pyrrole nitrogens is 1.